The van der Waals surface area contributed by atoms with Crippen molar-refractivity contribution >= 4 is 0 Å². The highest BCUT2D eigenvalue weighted by Crippen LogP contribution is 2.20. The van der Waals surface area contributed by atoms with Crippen molar-refractivity contribution in [2.45, 2.75) is 40.3 Å². The predicted octanol–water partition coefficient (Wildman–Crippen LogP) is 2.96. The average Bonchev–Trinajstić information content (AvgIpc) is 2.42. The highest BCUT2D eigenvalue weighted by Gasteiger charge is 2.18. The molecule has 0 fully saturated rings. The lowest BCUT2D eigenvalue weighted by atomic mass is 10.0. The Labute approximate surface area is 120 Å². The maximum atomic E-state index is 4.55. The topological polar surface area (TPSA) is 29.0 Å². The van der Waals surface area contributed by atoms with Gasteiger partial charge in [0, 0.05) is 43.5 Å². The summed E-state index contributed by atoms with van der Waals surface area (Å²) >= 11 is 0. The first-order valence-electron chi connectivity index (χ1n) is 7.22. The van der Waals surface area contributed by atoms with Crippen molar-refractivity contribution in [3.05, 3.63) is 58.2 Å². The van der Waals surface area contributed by atoms with Crippen molar-refractivity contribution in [3.63, 3.8) is 0 Å². The van der Waals surface area contributed by atoms with E-state index < -0.39 is 0 Å². The minimum Gasteiger partial charge on any atom is -0.294 e. The summed E-state index contributed by atoms with van der Waals surface area (Å²) in [6.45, 7) is 9.36. The van der Waals surface area contributed by atoms with Crippen molar-refractivity contribution in [2.24, 2.45) is 0 Å². The van der Waals surface area contributed by atoms with Gasteiger partial charge in [-0.2, -0.15) is 0 Å². The van der Waals surface area contributed by atoms with Crippen LogP contribution in [0.1, 0.15) is 33.8 Å². The summed E-state index contributed by atoms with van der Waals surface area (Å²) in [5, 5.41) is 0. The Hall–Kier alpha value is -1.74. The number of fused-ring (bicyclic) bond motifs is 1. The Kier molecular flexibility index (Phi) is 3.53. The molecule has 0 radical (unpaired) electrons. The van der Waals surface area contributed by atoms with E-state index >= 15 is 0 Å². The molecule has 0 unspecified atom stereocenters. The van der Waals surface area contributed by atoms with Crippen LogP contribution in [-0.4, -0.2) is 21.4 Å². The van der Waals surface area contributed by atoms with E-state index in [4.69, 9.17) is 0 Å². The highest BCUT2D eigenvalue weighted by atomic mass is 15.1. The molecule has 0 saturated heterocycles. The van der Waals surface area contributed by atoms with Crippen molar-refractivity contribution in [1.29, 1.82) is 0 Å². The maximum Gasteiger partial charge on any atom is 0.125 e. The monoisotopic (exact) mass is 267 g/mol. The zero-order valence-corrected chi connectivity index (χ0v) is 12.5. The molecule has 1 aromatic carbocycles. The minimum absolute atomic E-state index is 0.881. The number of aryl methyl sites for hydroxylation is 3. The molecule has 0 atom stereocenters. The van der Waals surface area contributed by atoms with Crippen molar-refractivity contribution in [2.75, 3.05) is 6.54 Å². The fraction of sp³-hybridized carbons (Fsp3) is 0.412. The Bertz CT molecular complexity index is 634. The molecule has 3 nitrogen and oxygen atoms in total. The number of rotatable bonds is 2. The van der Waals surface area contributed by atoms with E-state index in [2.05, 4.69) is 46.9 Å². The molecule has 0 spiro atoms. The number of aromatic nitrogens is 2. The summed E-state index contributed by atoms with van der Waals surface area (Å²) < 4.78 is 0. The second kappa shape index (κ2) is 5.33. The average molecular weight is 267 g/mol. The van der Waals surface area contributed by atoms with Gasteiger partial charge < -0.3 is 0 Å². The zero-order valence-electron chi connectivity index (χ0n) is 12.5. The molecule has 1 aliphatic heterocycles. The van der Waals surface area contributed by atoms with Crippen LogP contribution in [0, 0.1) is 20.8 Å². The first kappa shape index (κ1) is 13.3. The van der Waals surface area contributed by atoms with E-state index in [0.29, 0.717) is 0 Å². The summed E-state index contributed by atoms with van der Waals surface area (Å²) in [5.41, 5.74) is 6.66. The fourth-order valence-electron chi connectivity index (χ4n) is 2.87. The first-order valence-corrected chi connectivity index (χ1v) is 7.22. The molecule has 20 heavy (non-hydrogen) atoms. The van der Waals surface area contributed by atoms with Gasteiger partial charge in [-0.15, -0.1) is 0 Å². The van der Waals surface area contributed by atoms with Gasteiger partial charge in [-0.05, 0) is 31.9 Å². The largest absolute Gasteiger partial charge is 0.294 e. The standard InChI is InChI=1S/C17H21N3/c1-12-4-5-15(13(2)8-12)10-20-7-6-17-16(11-20)9-18-14(3)19-17/h4-5,8-9H,6-7,10-11H2,1-3H3. The van der Waals surface area contributed by atoms with E-state index in [-0.39, 0.29) is 0 Å². The van der Waals surface area contributed by atoms with E-state index in [1.54, 1.807) is 0 Å². The van der Waals surface area contributed by atoms with Gasteiger partial charge in [0.05, 0.1) is 0 Å². The third kappa shape index (κ3) is 2.73. The normalized spacial score (nSPS) is 15.2. The van der Waals surface area contributed by atoms with Gasteiger partial charge in [0.2, 0.25) is 0 Å². The lowest BCUT2D eigenvalue weighted by molar-refractivity contribution is 0.242. The van der Waals surface area contributed by atoms with Gasteiger partial charge in [-0.25, -0.2) is 9.97 Å². The summed E-state index contributed by atoms with van der Waals surface area (Å²) in [7, 11) is 0. The van der Waals surface area contributed by atoms with Crippen LogP contribution in [0.15, 0.2) is 24.4 Å². The van der Waals surface area contributed by atoms with Gasteiger partial charge in [0.1, 0.15) is 5.82 Å². The van der Waals surface area contributed by atoms with Gasteiger partial charge in [0.25, 0.3) is 0 Å². The number of hydrogen-bond donors (Lipinski definition) is 0. The fourth-order valence-corrected chi connectivity index (χ4v) is 2.87. The lowest BCUT2D eigenvalue weighted by Crippen LogP contribution is -2.31. The van der Waals surface area contributed by atoms with Gasteiger partial charge in [0.15, 0.2) is 0 Å². The van der Waals surface area contributed by atoms with Crippen molar-refractivity contribution in [3.8, 4) is 0 Å². The molecule has 0 aliphatic carbocycles. The summed E-state index contributed by atoms with van der Waals surface area (Å²) in [4.78, 5) is 11.4. The molecule has 0 N–H and O–H groups in total. The van der Waals surface area contributed by atoms with Crippen LogP contribution >= 0.6 is 0 Å². The molecule has 104 valence electrons. The number of nitrogens with zero attached hydrogens (tertiary/aromatic N) is 3. The summed E-state index contributed by atoms with van der Waals surface area (Å²) in [6, 6.07) is 6.72. The molecular formula is C17H21N3. The Morgan fingerprint density at radius 1 is 1.20 bits per heavy atom. The molecule has 0 saturated carbocycles. The molecule has 0 amide bonds. The van der Waals surface area contributed by atoms with Crippen LogP contribution in [0.5, 0.6) is 0 Å². The van der Waals surface area contributed by atoms with E-state index in [1.807, 2.05) is 13.1 Å². The smallest absolute Gasteiger partial charge is 0.125 e. The van der Waals surface area contributed by atoms with Crippen molar-refractivity contribution in [1.82, 2.24) is 14.9 Å². The van der Waals surface area contributed by atoms with Crippen LogP contribution in [0.4, 0.5) is 0 Å². The van der Waals surface area contributed by atoms with Gasteiger partial charge >= 0.3 is 0 Å². The SMILES string of the molecule is Cc1ccc(CN2CCc3nc(C)ncc3C2)c(C)c1. The molecule has 0 bridgehead atoms. The molecule has 3 rings (SSSR count). The third-order valence-corrected chi connectivity index (χ3v) is 4.03. The lowest BCUT2D eigenvalue weighted by Gasteiger charge is -2.28. The second-order valence-corrected chi connectivity index (χ2v) is 5.78. The minimum atomic E-state index is 0.881. The Balaban J connectivity index is 1.75. The molecule has 3 heteroatoms. The third-order valence-electron chi connectivity index (χ3n) is 4.03. The van der Waals surface area contributed by atoms with Crippen LogP contribution in [0.3, 0.4) is 0 Å². The highest BCUT2D eigenvalue weighted by molar-refractivity contribution is 5.30. The maximum absolute atomic E-state index is 4.55. The molecule has 2 heterocycles. The van der Waals surface area contributed by atoms with Gasteiger partial charge in [-0.3, -0.25) is 4.90 Å². The van der Waals surface area contributed by atoms with E-state index in [0.717, 1.165) is 31.9 Å². The Morgan fingerprint density at radius 2 is 2.05 bits per heavy atom. The first-order chi connectivity index (χ1) is 9.61. The predicted molar refractivity (Wildman–Crippen MR) is 80.5 cm³/mol. The van der Waals surface area contributed by atoms with Crippen LogP contribution in [0.25, 0.3) is 0 Å². The Morgan fingerprint density at radius 3 is 2.85 bits per heavy atom. The molecule has 1 aliphatic rings. The van der Waals surface area contributed by atoms with Crippen molar-refractivity contribution < 1.29 is 0 Å². The van der Waals surface area contributed by atoms with Crippen LogP contribution in [0.2, 0.25) is 0 Å². The number of hydrogen-bond acceptors (Lipinski definition) is 3. The molecule has 1 aromatic heterocycles. The summed E-state index contributed by atoms with van der Waals surface area (Å²) in [5.74, 6) is 0.881. The quantitative estimate of drug-likeness (QED) is 0.837. The van der Waals surface area contributed by atoms with E-state index in [1.165, 1.54) is 27.9 Å². The second-order valence-electron chi connectivity index (χ2n) is 5.78. The van der Waals surface area contributed by atoms with E-state index in [9.17, 15) is 0 Å². The zero-order chi connectivity index (χ0) is 14.1. The molecule has 2 aromatic rings. The number of benzene rings is 1. The van der Waals surface area contributed by atoms with Crippen LogP contribution in [-0.2, 0) is 19.5 Å². The molecular weight excluding hydrogens is 246 g/mol. The van der Waals surface area contributed by atoms with Crippen LogP contribution < -0.4 is 0 Å². The summed E-state index contributed by atoms with van der Waals surface area (Å²) in [6.07, 6.45) is 3.02. The van der Waals surface area contributed by atoms with Gasteiger partial charge in [-0.1, -0.05) is 23.8 Å².